The highest BCUT2D eigenvalue weighted by molar-refractivity contribution is 7.89. The van der Waals surface area contributed by atoms with E-state index in [9.17, 15) is 8.42 Å². The number of hydrogen-bond donors (Lipinski definition) is 2. The zero-order valence-corrected chi connectivity index (χ0v) is 12.4. The van der Waals surface area contributed by atoms with Crippen LogP contribution in [0.5, 0.6) is 0 Å². The van der Waals surface area contributed by atoms with E-state index in [0.29, 0.717) is 12.6 Å². The van der Waals surface area contributed by atoms with E-state index in [0.717, 1.165) is 19.4 Å². The number of nitrogens with zero attached hydrogens (tertiary/aromatic N) is 1. The van der Waals surface area contributed by atoms with Crippen LogP contribution in [0.15, 0.2) is 0 Å². The molecule has 2 N–H and O–H groups in total. The van der Waals surface area contributed by atoms with E-state index in [1.165, 1.54) is 33.0 Å². The molecule has 0 radical (unpaired) electrons. The second-order valence-electron chi connectivity index (χ2n) is 4.95. The van der Waals surface area contributed by atoms with Crippen LogP contribution in [0.2, 0.25) is 0 Å². The first-order chi connectivity index (χ1) is 8.57. The van der Waals surface area contributed by atoms with Crippen molar-refractivity contribution in [3.63, 3.8) is 0 Å². The molecule has 6 heteroatoms. The lowest BCUT2D eigenvalue weighted by Crippen LogP contribution is -2.36. The maximum absolute atomic E-state index is 11.3. The van der Waals surface area contributed by atoms with Gasteiger partial charge in [-0.05, 0) is 52.4 Å². The maximum Gasteiger partial charge on any atom is 0.212 e. The van der Waals surface area contributed by atoms with Crippen LogP contribution < -0.4 is 10.0 Å². The molecule has 0 aliphatic carbocycles. The Labute approximate surface area is 111 Å². The van der Waals surface area contributed by atoms with Gasteiger partial charge in [-0.15, -0.1) is 0 Å². The van der Waals surface area contributed by atoms with Gasteiger partial charge in [0.05, 0.1) is 5.75 Å². The number of likely N-dealkylation sites (tertiary alicyclic amines) is 1. The molecule has 1 aliphatic heterocycles. The molecule has 0 bridgehead atoms. The van der Waals surface area contributed by atoms with Crippen LogP contribution in [0, 0.1) is 0 Å². The zero-order valence-electron chi connectivity index (χ0n) is 11.6. The second-order valence-corrected chi connectivity index (χ2v) is 6.99. The van der Waals surface area contributed by atoms with Crippen molar-refractivity contribution in [1.82, 2.24) is 14.9 Å². The Kier molecular flexibility index (Phi) is 7.14. The van der Waals surface area contributed by atoms with Crippen LogP contribution in [-0.2, 0) is 10.0 Å². The number of rotatable bonds is 7. The van der Waals surface area contributed by atoms with Crippen LogP contribution in [0.25, 0.3) is 0 Å². The molecular formula is C12H27N3O2S. The highest BCUT2D eigenvalue weighted by Crippen LogP contribution is 2.11. The molecule has 1 fully saturated rings. The topological polar surface area (TPSA) is 61.4 Å². The van der Waals surface area contributed by atoms with Crippen LogP contribution in [0.4, 0.5) is 0 Å². The Morgan fingerprint density at radius 2 is 2.06 bits per heavy atom. The molecule has 0 amide bonds. The van der Waals surface area contributed by atoms with E-state index in [1.807, 2.05) is 0 Å². The van der Waals surface area contributed by atoms with Crippen molar-refractivity contribution < 1.29 is 8.42 Å². The summed E-state index contributed by atoms with van der Waals surface area (Å²) in [7, 11) is -1.61. The molecule has 0 aromatic heterocycles. The third-order valence-corrected chi connectivity index (χ3v) is 4.84. The fourth-order valence-corrected chi connectivity index (χ4v) is 2.99. The molecule has 0 spiro atoms. The lowest BCUT2D eigenvalue weighted by atomic mass is 10.1. The van der Waals surface area contributed by atoms with Gasteiger partial charge in [-0.2, -0.15) is 0 Å². The summed E-state index contributed by atoms with van der Waals surface area (Å²) in [5.41, 5.74) is 0. The third-order valence-electron chi connectivity index (χ3n) is 3.48. The normalized spacial score (nSPS) is 22.9. The summed E-state index contributed by atoms with van der Waals surface area (Å²) in [6, 6.07) is 0.471. The summed E-state index contributed by atoms with van der Waals surface area (Å²) in [4.78, 5) is 2.51. The molecule has 18 heavy (non-hydrogen) atoms. The predicted octanol–water partition coefficient (Wildman–Crippen LogP) is 0.390. The van der Waals surface area contributed by atoms with Gasteiger partial charge in [0.15, 0.2) is 0 Å². The molecule has 0 saturated carbocycles. The van der Waals surface area contributed by atoms with Gasteiger partial charge in [0, 0.05) is 12.6 Å². The quantitative estimate of drug-likeness (QED) is 0.707. The summed E-state index contributed by atoms with van der Waals surface area (Å²) in [6.45, 7) is 6.25. The first-order valence-corrected chi connectivity index (χ1v) is 8.59. The van der Waals surface area contributed by atoms with Gasteiger partial charge in [-0.3, -0.25) is 0 Å². The average Bonchev–Trinajstić information content (AvgIpc) is 2.56. The molecule has 1 rings (SSSR count). The summed E-state index contributed by atoms with van der Waals surface area (Å²) >= 11 is 0. The summed E-state index contributed by atoms with van der Waals surface area (Å²) < 4.78 is 24.9. The van der Waals surface area contributed by atoms with Crippen molar-refractivity contribution in [1.29, 1.82) is 0 Å². The monoisotopic (exact) mass is 277 g/mol. The van der Waals surface area contributed by atoms with E-state index in [1.54, 1.807) is 0 Å². The Balaban J connectivity index is 2.23. The maximum atomic E-state index is 11.3. The number of hydrogen-bond acceptors (Lipinski definition) is 4. The Bertz CT molecular complexity index is 319. The number of nitrogens with one attached hydrogen (secondary N) is 2. The lowest BCUT2D eigenvalue weighted by molar-refractivity contribution is 0.283. The zero-order chi connectivity index (χ0) is 13.4. The molecule has 1 heterocycles. The van der Waals surface area contributed by atoms with Gasteiger partial charge in [-0.1, -0.05) is 6.92 Å². The van der Waals surface area contributed by atoms with Crippen LogP contribution >= 0.6 is 0 Å². The fraction of sp³-hybridized carbons (Fsp3) is 1.00. The summed E-state index contributed by atoms with van der Waals surface area (Å²) in [5.74, 6) is 0.165. The number of sulfonamides is 1. The first kappa shape index (κ1) is 15.9. The average molecular weight is 277 g/mol. The standard InChI is InChI=1S/C12H27N3O2S/c1-3-8-15-9-4-5-12(6-10-15)14-7-11-18(16,17)13-2/h12-14H,3-11H2,1-2H3. The van der Waals surface area contributed by atoms with Crippen LogP contribution in [0.3, 0.4) is 0 Å². The molecule has 1 unspecified atom stereocenters. The van der Waals surface area contributed by atoms with Crippen molar-refractivity contribution in [2.24, 2.45) is 0 Å². The molecular weight excluding hydrogens is 250 g/mol. The van der Waals surface area contributed by atoms with Gasteiger partial charge in [0.2, 0.25) is 10.0 Å². The first-order valence-electron chi connectivity index (χ1n) is 6.94. The minimum absolute atomic E-state index is 0.165. The van der Waals surface area contributed by atoms with Crippen molar-refractivity contribution >= 4 is 10.0 Å². The minimum atomic E-state index is -3.07. The smallest absolute Gasteiger partial charge is 0.212 e. The molecule has 1 atom stereocenters. The van der Waals surface area contributed by atoms with Crippen molar-refractivity contribution in [2.45, 2.75) is 38.6 Å². The highest BCUT2D eigenvalue weighted by atomic mass is 32.2. The summed E-state index contributed by atoms with van der Waals surface area (Å²) in [6.07, 6.45) is 4.69. The van der Waals surface area contributed by atoms with E-state index in [-0.39, 0.29) is 5.75 Å². The molecule has 5 nitrogen and oxygen atoms in total. The Hall–Kier alpha value is -0.170. The van der Waals surface area contributed by atoms with E-state index in [2.05, 4.69) is 21.9 Å². The molecule has 0 aromatic carbocycles. The third kappa shape index (κ3) is 6.13. The van der Waals surface area contributed by atoms with Crippen molar-refractivity contribution in [3.05, 3.63) is 0 Å². The summed E-state index contributed by atoms with van der Waals surface area (Å²) in [5, 5.41) is 3.37. The fourth-order valence-electron chi connectivity index (χ4n) is 2.40. The van der Waals surface area contributed by atoms with Gasteiger partial charge in [0.1, 0.15) is 0 Å². The van der Waals surface area contributed by atoms with Crippen LogP contribution in [0.1, 0.15) is 32.6 Å². The predicted molar refractivity (Wildman–Crippen MR) is 75.2 cm³/mol. The highest BCUT2D eigenvalue weighted by Gasteiger charge is 2.16. The molecule has 1 saturated heterocycles. The SMILES string of the molecule is CCCN1CCCC(NCCS(=O)(=O)NC)CC1. The largest absolute Gasteiger partial charge is 0.313 e. The van der Waals surface area contributed by atoms with Gasteiger partial charge in [-0.25, -0.2) is 13.1 Å². The Morgan fingerprint density at radius 3 is 2.72 bits per heavy atom. The molecule has 108 valence electrons. The van der Waals surface area contributed by atoms with Crippen molar-refractivity contribution in [2.75, 3.05) is 39.0 Å². The van der Waals surface area contributed by atoms with Gasteiger partial charge >= 0.3 is 0 Å². The molecule has 1 aliphatic rings. The van der Waals surface area contributed by atoms with E-state index < -0.39 is 10.0 Å². The minimum Gasteiger partial charge on any atom is -0.313 e. The van der Waals surface area contributed by atoms with Crippen LogP contribution in [-0.4, -0.2) is 58.3 Å². The lowest BCUT2D eigenvalue weighted by Gasteiger charge is -2.19. The Morgan fingerprint density at radius 1 is 1.28 bits per heavy atom. The van der Waals surface area contributed by atoms with Gasteiger partial charge in [0.25, 0.3) is 0 Å². The molecule has 0 aromatic rings. The van der Waals surface area contributed by atoms with E-state index in [4.69, 9.17) is 0 Å². The van der Waals surface area contributed by atoms with Crippen molar-refractivity contribution in [3.8, 4) is 0 Å². The van der Waals surface area contributed by atoms with Gasteiger partial charge < -0.3 is 10.2 Å². The van der Waals surface area contributed by atoms with E-state index >= 15 is 0 Å². The second kappa shape index (κ2) is 8.09.